The van der Waals surface area contributed by atoms with E-state index in [1.807, 2.05) is 13.8 Å². The zero-order valence-corrected chi connectivity index (χ0v) is 11.6. The second-order valence-electron chi connectivity index (χ2n) is 5.02. The Morgan fingerprint density at radius 2 is 1.50 bits per heavy atom. The fourth-order valence-electron chi connectivity index (χ4n) is 2.22. The number of aliphatic hydroxyl groups is 2. The summed E-state index contributed by atoms with van der Waals surface area (Å²) >= 11 is 0. The highest BCUT2D eigenvalue weighted by Gasteiger charge is 2.55. The molecular weight excluding hydrogens is 234 g/mol. The number of aliphatic hydroxyl groups excluding tert-OH is 2. The third kappa shape index (κ3) is 2.03. The highest BCUT2D eigenvalue weighted by atomic mass is 16.3. The monoisotopic (exact) mass is 257 g/mol. The average molecular weight is 257 g/mol. The maximum Gasteiger partial charge on any atom is 0.229 e. The van der Waals surface area contributed by atoms with Gasteiger partial charge in [0.2, 0.25) is 5.91 Å². The fourth-order valence-corrected chi connectivity index (χ4v) is 2.22. The normalized spacial score (nSPS) is 31.4. The zero-order chi connectivity index (χ0) is 14.0. The molecule has 0 aromatic heterocycles. The molecule has 0 saturated heterocycles. The summed E-state index contributed by atoms with van der Waals surface area (Å²) in [6, 6.07) is 0. The van der Waals surface area contributed by atoms with E-state index in [1.165, 1.54) is 4.90 Å². The summed E-state index contributed by atoms with van der Waals surface area (Å²) in [5, 5.41) is 27.4. The second-order valence-corrected chi connectivity index (χ2v) is 5.02. The number of hydrogen-bond acceptors (Lipinski definition) is 5. The molecule has 1 rings (SSSR count). The topological polar surface area (TPSA) is 85.5 Å². The van der Waals surface area contributed by atoms with Crippen LogP contribution in [0.4, 0.5) is 0 Å². The first-order valence-electron chi connectivity index (χ1n) is 6.43. The van der Waals surface area contributed by atoms with Gasteiger partial charge < -0.3 is 10.2 Å². The maximum atomic E-state index is 12.4. The average Bonchev–Trinajstić information content (AvgIpc) is 2.73. The molecule has 0 bridgehead atoms. The van der Waals surface area contributed by atoms with E-state index < -0.39 is 11.3 Å². The first-order valence-corrected chi connectivity index (χ1v) is 6.43. The van der Waals surface area contributed by atoms with Crippen LogP contribution in [0, 0.1) is 5.92 Å². The molecule has 18 heavy (non-hydrogen) atoms. The highest BCUT2D eigenvalue weighted by molar-refractivity contribution is 5.80. The molecule has 2 N–H and O–H groups in total. The van der Waals surface area contributed by atoms with E-state index in [0.717, 1.165) is 0 Å². The van der Waals surface area contributed by atoms with Gasteiger partial charge in [-0.15, -0.1) is 0 Å². The Morgan fingerprint density at radius 1 is 1.11 bits per heavy atom. The number of carbonyl (C=O) groups is 1. The minimum absolute atomic E-state index is 0.146. The molecule has 0 saturated carbocycles. The van der Waals surface area contributed by atoms with Crippen LogP contribution in [-0.4, -0.2) is 45.6 Å². The summed E-state index contributed by atoms with van der Waals surface area (Å²) < 4.78 is 0. The Hall–Kier alpha value is -1.01. The first-order chi connectivity index (χ1) is 8.43. The summed E-state index contributed by atoms with van der Waals surface area (Å²) in [5.41, 5.74) is -2.06. The third-order valence-corrected chi connectivity index (χ3v) is 3.61. The van der Waals surface area contributed by atoms with Gasteiger partial charge in [0.05, 0.1) is 13.2 Å². The molecule has 2 atom stereocenters. The van der Waals surface area contributed by atoms with Crippen molar-refractivity contribution < 1.29 is 15.0 Å². The van der Waals surface area contributed by atoms with Gasteiger partial charge in [-0.25, -0.2) is 0 Å². The Labute approximate surface area is 108 Å². The summed E-state index contributed by atoms with van der Waals surface area (Å²) in [6.07, 6.45) is 0.931. The van der Waals surface area contributed by atoms with Crippen molar-refractivity contribution in [2.24, 2.45) is 16.1 Å². The van der Waals surface area contributed by atoms with Crippen LogP contribution in [-0.2, 0) is 4.79 Å². The van der Waals surface area contributed by atoms with E-state index in [4.69, 9.17) is 0 Å². The van der Waals surface area contributed by atoms with E-state index in [9.17, 15) is 15.0 Å². The minimum atomic E-state index is -1.03. The van der Waals surface area contributed by atoms with Crippen LogP contribution in [0.25, 0.3) is 0 Å². The van der Waals surface area contributed by atoms with Crippen LogP contribution in [0.15, 0.2) is 10.2 Å². The van der Waals surface area contributed by atoms with E-state index in [2.05, 4.69) is 10.2 Å². The van der Waals surface area contributed by atoms with E-state index in [0.29, 0.717) is 12.8 Å². The lowest BCUT2D eigenvalue weighted by atomic mass is 9.97. The lowest BCUT2D eigenvalue weighted by molar-refractivity contribution is -0.152. The van der Waals surface area contributed by atoms with Crippen molar-refractivity contribution in [3.8, 4) is 0 Å². The molecule has 0 radical (unpaired) electrons. The summed E-state index contributed by atoms with van der Waals surface area (Å²) in [4.78, 5) is 13.9. The molecule has 1 aliphatic heterocycles. The Morgan fingerprint density at radius 3 is 1.72 bits per heavy atom. The van der Waals surface area contributed by atoms with Gasteiger partial charge in [-0.3, -0.25) is 9.69 Å². The molecular formula is C12H23N3O3. The van der Waals surface area contributed by atoms with Crippen molar-refractivity contribution in [1.82, 2.24) is 4.90 Å². The molecule has 0 aromatic rings. The molecule has 2 unspecified atom stereocenters. The molecule has 0 spiro atoms. The predicted molar refractivity (Wildman–Crippen MR) is 66.8 cm³/mol. The van der Waals surface area contributed by atoms with Gasteiger partial charge in [0.1, 0.15) is 0 Å². The molecule has 1 heterocycles. The van der Waals surface area contributed by atoms with Gasteiger partial charge in [0.25, 0.3) is 0 Å². The largest absolute Gasteiger partial charge is 0.392 e. The van der Waals surface area contributed by atoms with E-state index in [1.54, 1.807) is 13.8 Å². The number of azo groups is 1. The van der Waals surface area contributed by atoms with Crippen molar-refractivity contribution in [2.45, 2.75) is 51.9 Å². The number of carbonyl (C=O) groups excluding carboxylic acids is 1. The van der Waals surface area contributed by atoms with Crippen LogP contribution in [0.3, 0.4) is 0 Å². The Kier molecular flexibility index (Phi) is 4.45. The molecule has 1 amide bonds. The van der Waals surface area contributed by atoms with Crippen molar-refractivity contribution in [3.05, 3.63) is 0 Å². The van der Waals surface area contributed by atoms with Gasteiger partial charge in [-0.2, -0.15) is 10.2 Å². The number of amides is 1. The van der Waals surface area contributed by atoms with E-state index >= 15 is 0 Å². The predicted octanol–water partition coefficient (Wildman–Crippen LogP) is 1.13. The lowest BCUT2D eigenvalue weighted by Gasteiger charge is -2.42. The van der Waals surface area contributed by atoms with Gasteiger partial charge in [0, 0.05) is 5.92 Å². The van der Waals surface area contributed by atoms with Gasteiger partial charge >= 0.3 is 0 Å². The van der Waals surface area contributed by atoms with Gasteiger partial charge in [0.15, 0.2) is 11.3 Å². The summed E-state index contributed by atoms with van der Waals surface area (Å²) in [6.45, 7) is 6.70. The van der Waals surface area contributed by atoms with E-state index in [-0.39, 0.29) is 25.0 Å². The Bertz CT molecular complexity index is 311. The SMILES string of the molecule is CCC1(CO)N=NC(CC)(CO)N1C(=O)C(C)C. The van der Waals surface area contributed by atoms with Crippen LogP contribution in [0.2, 0.25) is 0 Å². The van der Waals surface area contributed by atoms with Crippen LogP contribution >= 0.6 is 0 Å². The van der Waals surface area contributed by atoms with Crippen molar-refractivity contribution >= 4 is 5.91 Å². The molecule has 6 nitrogen and oxygen atoms in total. The smallest absolute Gasteiger partial charge is 0.229 e. The fraction of sp³-hybridized carbons (Fsp3) is 0.917. The minimum Gasteiger partial charge on any atom is -0.392 e. The highest BCUT2D eigenvalue weighted by Crippen LogP contribution is 2.40. The molecule has 0 aliphatic carbocycles. The van der Waals surface area contributed by atoms with Crippen molar-refractivity contribution in [3.63, 3.8) is 0 Å². The number of hydrogen-bond donors (Lipinski definition) is 2. The van der Waals surface area contributed by atoms with Crippen LogP contribution < -0.4 is 0 Å². The van der Waals surface area contributed by atoms with Crippen molar-refractivity contribution in [1.29, 1.82) is 0 Å². The van der Waals surface area contributed by atoms with Crippen LogP contribution in [0.5, 0.6) is 0 Å². The maximum absolute atomic E-state index is 12.4. The second kappa shape index (κ2) is 5.32. The van der Waals surface area contributed by atoms with Gasteiger partial charge in [-0.1, -0.05) is 27.7 Å². The summed E-state index contributed by atoms with van der Waals surface area (Å²) in [7, 11) is 0. The molecule has 0 aromatic carbocycles. The molecule has 1 aliphatic rings. The number of rotatable bonds is 5. The quantitative estimate of drug-likeness (QED) is 0.774. The molecule has 6 heteroatoms. The van der Waals surface area contributed by atoms with Crippen LogP contribution in [0.1, 0.15) is 40.5 Å². The standard InChI is InChI=1S/C12H23N3O3/c1-5-11(7-16)13-14-12(6-2,8-17)15(11)10(18)9(3)4/h9,16-17H,5-8H2,1-4H3. The number of nitrogens with zero attached hydrogens (tertiary/aromatic N) is 3. The van der Waals surface area contributed by atoms with Gasteiger partial charge in [-0.05, 0) is 12.8 Å². The Balaban J connectivity index is 3.27. The zero-order valence-electron chi connectivity index (χ0n) is 11.6. The third-order valence-electron chi connectivity index (χ3n) is 3.61. The lowest BCUT2D eigenvalue weighted by Crippen LogP contribution is -2.61. The van der Waals surface area contributed by atoms with Crippen molar-refractivity contribution in [2.75, 3.05) is 13.2 Å². The molecule has 0 fully saturated rings. The summed E-state index contributed by atoms with van der Waals surface area (Å²) in [5.74, 6) is -0.379. The molecule has 104 valence electrons. The first kappa shape index (κ1) is 15.0.